The Bertz CT molecular complexity index is 1130. The van der Waals surface area contributed by atoms with E-state index in [1.165, 1.54) is 39.7 Å². The van der Waals surface area contributed by atoms with Gasteiger partial charge in [0.2, 0.25) is 5.82 Å². The number of imidazole rings is 1. The Kier molecular flexibility index (Phi) is 6.33. The molecule has 0 saturated heterocycles. The molecular weight excluding hydrogens is 417 g/mol. The minimum absolute atomic E-state index is 0.140. The highest BCUT2D eigenvalue weighted by molar-refractivity contribution is 5.87. The Morgan fingerprint density at radius 2 is 1.74 bits per heavy atom. The molecule has 0 radical (unpaired) electrons. The number of para-hydroxylation sites is 2. The smallest absolute Gasteiger partial charge is 0.449 e. The first kappa shape index (κ1) is 21.9. The summed E-state index contributed by atoms with van der Waals surface area (Å²) in [5.74, 6) is -0.669. The zero-order valence-corrected chi connectivity index (χ0v) is 16.9. The van der Waals surface area contributed by atoms with Crippen LogP contribution in [0.5, 0.6) is 17.2 Å². The molecule has 1 amide bonds. The lowest BCUT2D eigenvalue weighted by atomic mass is 10.2. The number of carbonyl (C=O) groups excluding carboxylic acids is 1. The zero-order valence-electron chi connectivity index (χ0n) is 16.9. The number of amides is 1. The maximum Gasteiger partial charge on any atom is 0.449 e. The van der Waals surface area contributed by atoms with Gasteiger partial charge in [0, 0.05) is 11.6 Å². The van der Waals surface area contributed by atoms with Crippen LogP contribution in [0.15, 0.2) is 41.5 Å². The first-order valence-electron chi connectivity index (χ1n) is 8.92. The van der Waals surface area contributed by atoms with E-state index < -0.39 is 24.5 Å². The van der Waals surface area contributed by atoms with Gasteiger partial charge in [-0.25, -0.2) is 10.4 Å². The summed E-state index contributed by atoms with van der Waals surface area (Å²) in [7, 11) is 4.38. The predicted octanol–water partition coefficient (Wildman–Crippen LogP) is 3.23. The number of benzene rings is 2. The number of methoxy groups -OCH3 is 3. The second-order valence-electron chi connectivity index (χ2n) is 6.25. The van der Waals surface area contributed by atoms with Crippen molar-refractivity contribution in [2.75, 3.05) is 21.3 Å². The van der Waals surface area contributed by atoms with Gasteiger partial charge in [0.1, 0.15) is 12.3 Å². The first-order chi connectivity index (χ1) is 14.8. The summed E-state index contributed by atoms with van der Waals surface area (Å²) < 4.78 is 56.5. The van der Waals surface area contributed by atoms with Crippen LogP contribution in [0, 0.1) is 0 Å². The first-order valence-corrected chi connectivity index (χ1v) is 8.92. The van der Waals surface area contributed by atoms with Crippen molar-refractivity contribution in [3.8, 4) is 17.2 Å². The maximum atomic E-state index is 13.3. The van der Waals surface area contributed by atoms with Crippen molar-refractivity contribution in [3.05, 3.63) is 47.8 Å². The van der Waals surface area contributed by atoms with E-state index in [1.807, 2.05) is 0 Å². The quantitative estimate of drug-likeness (QED) is 0.454. The van der Waals surface area contributed by atoms with Gasteiger partial charge >= 0.3 is 6.18 Å². The summed E-state index contributed by atoms with van der Waals surface area (Å²) in [5, 5.41) is 3.82. The molecular formula is C20H19F3N4O4. The normalized spacial score (nSPS) is 11.7. The molecule has 3 aromatic rings. The number of aromatic nitrogens is 2. The van der Waals surface area contributed by atoms with Gasteiger partial charge in [-0.1, -0.05) is 12.1 Å². The molecule has 0 spiro atoms. The molecule has 1 aromatic heterocycles. The third kappa shape index (κ3) is 4.71. The maximum absolute atomic E-state index is 13.3. The van der Waals surface area contributed by atoms with Crippen molar-refractivity contribution in [2.45, 2.75) is 12.7 Å². The standard InChI is InChI=1S/C20H19F3N4O4/c1-29-15-9-17(31-3)16(30-2)8-12(15)10-24-26-18(28)11-27-14-7-5-4-6-13(14)25-19(27)20(21,22)23/h4-10H,11H2,1-3H3,(H,26,28)/b24-10+. The summed E-state index contributed by atoms with van der Waals surface area (Å²) in [5.41, 5.74) is 3.01. The van der Waals surface area contributed by atoms with E-state index in [1.54, 1.807) is 24.3 Å². The van der Waals surface area contributed by atoms with Gasteiger partial charge in [0.05, 0.1) is 38.6 Å². The molecule has 0 bridgehead atoms. The molecule has 8 nitrogen and oxygen atoms in total. The predicted molar refractivity (Wildman–Crippen MR) is 107 cm³/mol. The molecule has 31 heavy (non-hydrogen) atoms. The van der Waals surface area contributed by atoms with Gasteiger partial charge in [-0.05, 0) is 18.2 Å². The number of carbonyl (C=O) groups is 1. The van der Waals surface area contributed by atoms with Gasteiger partial charge in [0.15, 0.2) is 11.5 Å². The minimum atomic E-state index is -4.71. The van der Waals surface area contributed by atoms with Crippen molar-refractivity contribution in [1.82, 2.24) is 15.0 Å². The number of hydrogen-bond acceptors (Lipinski definition) is 6. The van der Waals surface area contributed by atoms with Crippen LogP contribution < -0.4 is 19.6 Å². The topological polar surface area (TPSA) is 87.0 Å². The van der Waals surface area contributed by atoms with Crippen LogP contribution >= 0.6 is 0 Å². The summed E-state index contributed by atoms with van der Waals surface area (Å²) in [6.45, 7) is -0.615. The van der Waals surface area contributed by atoms with Gasteiger partial charge in [-0.15, -0.1) is 0 Å². The Morgan fingerprint density at radius 3 is 2.39 bits per heavy atom. The zero-order chi connectivity index (χ0) is 22.6. The van der Waals surface area contributed by atoms with Crippen molar-refractivity contribution < 1.29 is 32.2 Å². The summed E-state index contributed by atoms with van der Waals surface area (Å²) in [6.07, 6.45) is -3.43. The third-order valence-electron chi connectivity index (χ3n) is 4.34. The van der Waals surface area contributed by atoms with Crippen LogP contribution in [0.4, 0.5) is 13.2 Å². The Labute approximate surface area is 175 Å². The number of ether oxygens (including phenoxy) is 3. The number of alkyl halides is 3. The molecule has 0 aliphatic rings. The second kappa shape index (κ2) is 8.94. The molecule has 3 rings (SSSR count). The number of nitrogens with zero attached hydrogens (tertiary/aromatic N) is 3. The molecule has 0 unspecified atom stereocenters. The van der Waals surface area contributed by atoms with E-state index in [-0.39, 0.29) is 11.0 Å². The minimum Gasteiger partial charge on any atom is -0.496 e. The van der Waals surface area contributed by atoms with Crippen LogP contribution in [0.2, 0.25) is 0 Å². The molecule has 0 saturated carbocycles. The Hall–Kier alpha value is -3.76. The monoisotopic (exact) mass is 436 g/mol. The fraction of sp³-hybridized carbons (Fsp3) is 0.250. The Morgan fingerprint density at radius 1 is 1.10 bits per heavy atom. The van der Waals surface area contributed by atoms with Crippen LogP contribution in [-0.4, -0.2) is 43.0 Å². The van der Waals surface area contributed by atoms with Crippen LogP contribution in [0.3, 0.4) is 0 Å². The molecule has 11 heteroatoms. The fourth-order valence-corrected chi connectivity index (χ4v) is 2.96. The van der Waals surface area contributed by atoms with Gasteiger partial charge < -0.3 is 18.8 Å². The van der Waals surface area contributed by atoms with E-state index in [4.69, 9.17) is 14.2 Å². The molecule has 1 N–H and O–H groups in total. The summed E-state index contributed by atoms with van der Waals surface area (Å²) >= 11 is 0. The second-order valence-corrected chi connectivity index (χ2v) is 6.25. The molecule has 0 atom stereocenters. The number of hydrazone groups is 1. The average Bonchev–Trinajstić information content (AvgIpc) is 3.12. The van der Waals surface area contributed by atoms with Crippen LogP contribution in [0.25, 0.3) is 11.0 Å². The third-order valence-corrected chi connectivity index (χ3v) is 4.34. The largest absolute Gasteiger partial charge is 0.496 e. The molecule has 164 valence electrons. The van der Waals surface area contributed by atoms with Crippen molar-refractivity contribution >= 4 is 23.2 Å². The molecule has 0 aliphatic carbocycles. The van der Waals surface area contributed by atoms with Crippen molar-refractivity contribution in [1.29, 1.82) is 0 Å². The molecule has 2 aromatic carbocycles. The highest BCUT2D eigenvalue weighted by atomic mass is 19.4. The van der Waals surface area contributed by atoms with E-state index in [2.05, 4.69) is 15.5 Å². The molecule has 0 fully saturated rings. The SMILES string of the molecule is COc1cc(OC)c(OC)cc1/C=N/NC(=O)Cn1c(C(F)(F)F)nc2ccccc21. The summed E-state index contributed by atoms with van der Waals surface area (Å²) in [4.78, 5) is 15.9. The lowest BCUT2D eigenvalue weighted by Gasteiger charge is -2.12. The van der Waals surface area contributed by atoms with E-state index >= 15 is 0 Å². The highest BCUT2D eigenvalue weighted by Gasteiger charge is 2.37. The lowest BCUT2D eigenvalue weighted by Crippen LogP contribution is -2.26. The molecule has 1 heterocycles. The average molecular weight is 436 g/mol. The van der Waals surface area contributed by atoms with Crippen LogP contribution in [-0.2, 0) is 17.5 Å². The van der Waals surface area contributed by atoms with Gasteiger partial charge in [0.25, 0.3) is 5.91 Å². The van der Waals surface area contributed by atoms with E-state index in [0.29, 0.717) is 22.8 Å². The van der Waals surface area contributed by atoms with Crippen molar-refractivity contribution in [2.24, 2.45) is 5.10 Å². The van der Waals surface area contributed by atoms with Gasteiger partial charge in [-0.3, -0.25) is 4.79 Å². The van der Waals surface area contributed by atoms with E-state index in [9.17, 15) is 18.0 Å². The number of fused-ring (bicyclic) bond motifs is 1. The fourth-order valence-electron chi connectivity index (χ4n) is 2.96. The number of nitrogens with one attached hydrogen (secondary N) is 1. The number of hydrogen-bond donors (Lipinski definition) is 1. The Balaban J connectivity index is 1.81. The van der Waals surface area contributed by atoms with Crippen molar-refractivity contribution in [3.63, 3.8) is 0 Å². The number of rotatable bonds is 7. The molecule has 0 aliphatic heterocycles. The number of halogens is 3. The lowest BCUT2D eigenvalue weighted by molar-refractivity contribution is -0.147. The highest BCUT2D eigenvalue weighted by Crippen LogP contribution is 2.34. The van der Waals surface area contributed by atoms with Gasteiger partial charge in [-0.2, -0.15) is 18.3 Å². The van der Waals surface area contributed by atoms with Crippen LogP contribution in [0.1, 0.15) is 11.4 Å². The summed E-state index contributed by atoms with van der Waals surface area (Å²) in [6, 6.07) is 9.21. The van der Waals surface area contributed by atoms with E-state index in [0.717, 1.165) is 4.57 Å².